The first-order valence-corrected chi connectivity index (χ1v) is 10.8. The van der Waals surface area contributed by atoms with Crippen LogP contribution in [0.2, 0.25) is 0 Å². The first-order chi connectivity index (χ1) is 15.0. The molecule has 1 aliphatic heterocycles. The van der Waals surface area contributed by atoms with Crippen LogP contribution in [-0.4, -0.2) is 42.4 Å². The Morgan fingerprint density at radius 3 is 2.29 bits per heavy atom. The Morgan fingerprint density at radius 1 is 0.935 bits per heavy atom. The number of carbonyl (C=O) groups is 3. The van der Waals surface area contributed by atoms with E-state index in [0.29, 0.717) is 50.3 Å². The van der Waals surface area contributed by atoms with Crippen molar-refractivity contribution in [2.45, 2.75) is 32.6 Å². The second kappa shape index (κ2) is 11.2. The Morgan fingerprint density at radius 2 is 1.61 bits per heavy atom. The van der Waals surface area contributed by atoms with Gasteiger partial charge in [-0.2, -0.15) is 0 Å². The lowest BCUT2D eigenvalue weighted by molar-refractivity contribution is -0.134. The molecule has 3 N–H and O–H groups in total. The summed E-state index contributed by atoms with van der Waals surface area (Å²) < 4.78 is 0. The molecule has 0 aliphatic carbocycles. The summed E-state index contributed by atoms with van der Waals surface area (Å²) in [6, 6.07) is 16.8. The van der Waals surface area contributed by atoms with E-state index in [-0.39, 0.29) is 23.8 Å². The normalized spacial score (nSPS) is 14.0. The number of nitrogens with one attached hydrogen (secondary N) is 3. The predicted octanol–water partition coefficient (Wildman–Crippen LogP) is 3.64. The molecule has 0 unspecified atom stereocenters. The lowest BCUT2D eigenvalue weighted by atomic mass is 9.95. The Kier molecular flexibility index (Phi) is 8.04. The minimum atomic E-state index is -0.282. The van der Waals surface area contributed by atoms with Crippen LogP contribution in [0.4, 0.5) is 16.2 Å². The number of benzene rings is 2. The van der Waals surface area contributed by atoms with E-state index in [9.17, 15) is 14.4 Å². The van der Waals surface area contributed by atoms with E-state index in [4.69, 9.17) is 0 Å². The highest BCUT2D eigenvalue weighted by molar-refractivity contribution is 5.94. The maximum absolute atomic E-state index is 12.7. The molecule has 0 bridgehead atoms. The molecule has 1 saturated heterocycles. The lowest BCUT2D eigenvalue weighted by Crippen LogP contribution is -2.41. The second-order valence-electron chi connectivity index (χ2n) is 7.70. The number of hydrogen-bond acceptors (Lipinski definition) is 3. The number of rotatable bonds is 7. The summed E-state index contributed by atoms with van der Waals surface area (Å²) in [5.74, 6) is -0.0310. The zero-order valence-electron chi connectivity index (χ0n) is 17.9. The van der Waals surface area contributed by atoms with E-state index >= 15 is 0 Å². The zero-order chi connectivity index (χ0) is 22.1. The standard InChI is InChI=1S/C24H30N4O3/c1-2-25-24(31)27-21-10-6-9-20(17-21)26-23(30)19-13-15-28(16-14-19)22(29)12-11-18-7-4-3-5-8-18/h3-10,17,19H,2,11-16H2,1H3,(H,26,30)(H2,25,27,31). The van der Waals surface area contributed by atoms with Gasteiger partial charge >= 0.3 is 6.03 Å². The van der Waals surface area contributed by atoms with Crippen molar-refractivity contribution in [3.63, 3.8) is 0 Å². The Bertz CT molecular complexity index is 893. The van der Waals surface area contributed by atoms with Crippen LogP contribution in [0.5, 0.6) is 0 Å². The molecule has 0 spiro atoms. The van der Waals surface area contributed by atoms with Crippen LogP contribution in [0.3, 0.4) is 0 Å². The van der Waals surface area contributed by atoms with Gasteiger partial charge in [0.15, 0.2) is 0 Å². The fourth-order valence-electron chi connectivity index (χ4n) is 3.70. The van der Waals surface area contributed by atoms with Crippen molar-refractivity contribution in [3.05, 3.63) is 60.2 Å². The van der Waals surface area contributed by atoms with E-state index < -0.39 is 0 Å². The summed E-state index contributed by atoms with van der Waals surface area (Å²) in [6.07, 6.45) is 2.53. The van der Waals surface area contributed by atoms with Gasteiger partial charge in [0.25, 0.3) is 0 Å². The summed E-state index contributed by atoms with van der Waals surface area (Å²) in [5.41, 5.74) is 2.41. The van der Waals surface area contributed by atoms with Gasteiger partial charge in [0.1, 0.15) is 0 Å². The SMILES string of the molecule is CCNC(=O)Nc1cccc(NC(=O)C2CCN(C(=O)CCc3ccccc3)CC2)c1. The molecule has 0 atom stereocenters. The number of carbonyl (C=O) groups excluding carboxylic acids is 3. The minimum absolute atomic E-state index is 0.0495. The fraction of sp³-hybridized carbons (Fsp3) is 0.375. The van der Waals surface area contributed by atoms with Gasteiger partial charge in [-0.25, -0.2) is 4.79 Å². The smallest absolute Gasteiger partial charge is 0.319 e. The van der Waals surface area contributed by atoms with Crippen LogP contribution in [0.15, 0.2) is 54.6 Å². The first kappa shape index (κ1) is 22.3. The topological polar surface area (TPSA) is 90.5 Å². The van der Waals surface area contributed by atoms with Crippen LogP contribution in [0.25, 0.3) is 0 Å². The van der Waals surface area contributed by atoms with Gasteiger partial charge in [-0.1, -0.05) is 36.4 Å². The maximum atomic E-state index is 12.7. The number of hydrogen-bond donors (Lipinski definition) is 3. The summed E-state index contributed by atoms with van der Waals surface area (Å²) in [4.78, 5) is 38.7. The van der Waals surface area contributed by atoms with Crippen molar-refractivity contribution in [1.29, 1.82) is 0 Å². The summed E-state index contributed by atoms with van der Waals surface area (Å²) in [6.45, 7) is 3.59. The van der Waals surface area contributed by atoms with Crippen LogP contribution < -0.4 is 16.0 Å². The number of anilines is 2. The molecule has 7 nitrogen and oxygen atoms in total. The molecular weight excluding hydrogens is 392 g/mol. The second-order valence-corrected chi connectivity index (χ2v) is 7.70. The van der Waals surface area contributed by atoms with Crippen molar-refractivity contribution in [2.24, 2.45) is 5.92 Å². The van der Waals surface area contributed by atoms with Crippen molar-refractivity contribution in [2.75, 3.05) is 30.3 Å². The molecule has 164 valence electrons. The molecule has 7 heteroatoms. The zero-order valence-corrected chi connectivity index (χ0v) is 17.9. The molecular formula is C24H30N4O3. The highest BCUT2D eigenvalue weighted by atomic mass is 16.2. The molecule has 1 fully saturated rings. The van der Waals surface area contributed by atoms with Gasteiger partial charge in [0.05, 0.1) is 0 Å². The maximum Gasteiger partial charge on any atom is 0.319 e. The van der Waals surface area contributed by atoms with Crippen LogP contribution in [0, 0.1) is 5.92 Å². The van der Waals surface area contributed by atoms with Gasteiger partial charge in [0, 0.05) is 43.3 Å². The third-order valence-corrected chi connectivity index (χ3v) is 5.41. The summed E-state index contributed by atoms with van der Waals surface area (Å²) in [7, 11) is 0. The van der Waals surface area contributed by atoms with Crippen molar-refractivity contribution >= 4 is 29.2 Å². The van der Waals surface area contributed by atoms with Gasteiger partial charge < -0.3 is 20.9 Å². The Hall–Kier alpha value is -3.35. The monoisotopic (exact) mass is 422 g/mol. The Balaban J connectivity index is 1.45. The van der Waals surface area contributed by atoms with Gasteiger partial charge in [-0.15, -0.1) is 0 Å². The van der Waals surface area contributed by atoms with E-state index in [2.05, 4.69) is 16.0 Å². The average molecular weight is 423 g/mol. The van der Waals surface area contributed by atoms with Crippen molar-refractivity contribution < 1.29 is 14.4 Å². The molecule has 2 aromatic carbocycles. The fourth-order valence-corrected chi connectivity index (χ4v) is 3.70. The molecule has 4 amide bonds. The average Bonchev–Trinajstić information content (AvgIpc) is 2.78. The minimum Gasteiger partial charge on any atom is -0.343 e. The number of urea groups is 1. The summed E-state index contributed by atoms with van der Waals surface area (Å²) >= 11 is 0. The number of amides is 4. The molecule has 0 saturated carbocycles. The molecule has 1 heterocycles. The van der Waals surface area contributed by atoms with Crippen molar-refractivity contribution in [3.8, 4) is 0 Å². The number of piperidine rings is 1. The largest absolute Gasteiger partial charge is 0.343 e. The third-order valence-electron chi connectivity index (χ3n) is 5.41. The first-order valence-electron chi connectivity index (χ1n) is 10.8. The quantitative estimate of drug-likeness (QED) is 0.636. The van der Waals surface area contributed by atoms with Crippen LogP contribution >= 0.6 is 0 Å². The number of aryl methyl sites for hydroxylation is 1. The van der Waals surface area contributed by atoms with E-state index in [1.54, 1.807) is 24.3 Å². The number of nitrogens with zero attached hydrogens (tertiary/aromatic N) is 1. The Labute approximate surface area is 183 Å². The lowest BCUT2D eigenvalue weighted by Gasteiger charge is -2.31. The highest BCUT2D eigenvalue weighted by Gasteiger charge is 2.27. The van der Waals surface area contributed by atoms with E-state index in [1.807, 2.05) is 42.2 Å². The van der Waals surface area contributed by atoms with Gasteiger partial charge in [-0.3, -0.25) is 9.59 Å². The highest BCUT2D eigenvalue weighted by Crippen LogP contribution is 2.22. The van der Waals surface area contributed by atoms with E-state index in [0.717, 1.165) is 12.0 Å². The van der Waals surface area contributed by atoms with Gasteiger partial charge in [0.2, 0.25) is 11.8 Å². The summed E-state index contributed by atoms with van der Waals surface area (Å²) in [5, 5.41) is 8.33. The van der Waals surface area contributed by atoms with Crippen LogP contribution in [-0.2, 0) is 16.0 Å². The predicted molar refractivity (Wildman–Crippen MR) is 122 cm³/mol. The van der Waals surface area contributed by atoms with E-state index in [1.165, 1.54) is 0 Å². The third kappa shape index (κ3) is 6.84. The molecule has 2 aromatic rings. The number of likely N-dealkylation sites (tertiary alicyclic amines) is 1. The van der Waals surface area contributed by atoms with Crippen molar-refractivity contribution in [1.82, 2.24) is 10.2 Å². The molecule has 0 radical (unpaired) electrons. The molecule has 31 heavy (non-hydrogen) atoms. The molecule has 0 aromatic heterocycles. The molecule has 3 rings (SSSR count). The van der Waals surface area contributed by atoms with Crippen LogP contribution in [0.1, 0.15) is 31.7 Å². The molecule has 1 aliphatic rings. The van der Waals surface area contributed by atoms with Gasteiger partial charge in [-0.05, 0) is 49.9 Å².